The van der Waals surface area contributed by atoms with Crippen molar-refractivity contribution in [2.45, 2.75) is 70.8 Å². The quantitative estimate of drug-likeness (QED) is 0.467. The van der Waals surface area contributed by atoms with Gasteiger partial charge in [0, 0.05) is 6.42 Å². The summed E-state index contributed by atoms with van der Waals surface area (Å²) in [5, 5.41) is 15.8. The Bertz CT molecular complexity index is 1130. The number of imidazole rings is 1. The topological polar surface area (TPSA) is 121 Å². The van der Waals surface area contributed by atoms with Crippen LogP contribution in [0, 0.1) is 18.7 Å². The fraction of sp³-hybridized carbons (Fsp3) is 0.500. The van der Waals surface area contributed by atoms with E-state index in [1.165, 1.54) is 18.8 Å². The Morgan fingerprint density at radius 2 is 1.97 bits per heavy atom. The van der Waals surface area contributed by atoms with Crippen LogP contribution >= 0.6 is 0 Å². The number of fused-ring (bicyclic) bond motifs is 1. The Kier molecular flexibility index (Phi) is 7.05. The van der Waals surface area contributed by atoms with E-state index >= 15 is 0 Å². The summed E-state index contributed by atoms with van der Waals surface area (Å²) in [6, 6.07) is 2.65. The maximum Gasteiger partial charge on any atom is 0.303 e. The molecule has 33 heavy (non-hydrogen) atoms. The average Bonchev–Trinajstić information content (AvgIpc) is 3.37. The fourth-order valence-corrected chi connectivity index (χ4v) is 4.65. The largest absolute Gasteiger partial charge is 0.481 e. The minimum absolute atomic E-state index is 0.0786. The fourth-order valence-electron chi connectivity index (χ4n) is 4.65. The molecule has 1 amide bonds. The number of rotatable bonds is 7. The molecule has 0 bridgehead atoms. The van der Waals surface area contributed by atoms with Crippen LogP contribution in [0.2, 0.25) is 0 Å². The number of halogens is 1. The first kappa shape index (κ1) is 22.9. The minimum Gasteiger partial charge on any atom is -0.481 e. The number of aliphatic carboxylic acids is 1. The maximum atomic E-state index is 14.8. The Balaban J connectivity index is 1.67. The summed E-state index contributed by atoms with van der Waals surface area (Å²) in [5.41, 5.74) is 2.14. The highest BCUT2D eigenvalue weighted by molar-refractivity contribution is 5.95. The first-order chi connectivity index (χ1) is 15.9. The molecule has 1 aromatic carbocycles. The number of nitrogens with zero attached hydrogens (tertiary/aromatic N) is 2. The van der Waals surface area contributed by atoms with Gasteiger partial charge in [0.2, 0.25) is 0 Å². The van der Waals surface area contributed by atoms with Gasteiger partial charge in [-0.15, -0.1) is 0 Å². The van der Waals surface area contributed by atoms with E-state index in [-0.39, 0.29) is 30.2 Å². The molecule has 0 aliphatic heterocycles. The third-order valence-electron chi connectivity index (χ3n) is 6.44. The van der Waals surface area contributed by atoms with Crippen LogP contribution in [0.5, 0.6) is 0 Å². The molecule has 2 heterocycles. The van der Waals surface area contributed by atoms with Crippen molar-refractivity contribution in [1.29, 1.82) is 0 Å². The first-order valence-corrected chi connectivity index (χ1v) is 11.5. The van der Waals surface area contributed by atoms with Crippen LogP contribution in [-0.4, -0.2) is 32.1 Å². The molecule has 8 nitrogen and oxygen atoms in total. The van der Waals surface area contributed by atoms with Gasteiger partial charge >= 0.3 is 5.97 Å². The monoisotopic (exact) mass is 456 g/mol. The van der Waals surface area contributed by atoms with E-state index in [9.17, 15) is 14.0 Å². The van der Waals surface area contributed by atoms with Crippen LogP contribution in [0.25, 0.3) is 11.0 Å². The molecule has 1 aliphatic rings. The number of nitrogens with one attached hydrogen (secondary N) is 2. The number of H-pyrrole nitrogens is 1. The molecule has 1 unspecified atom stereocenters. The van der Waals surface area contributed by atoms with E-state index in [2.05, 4.69) is 20.4 Å². The van der Waals surface area contributed by atoms with Crippen LogP contribution in [0.3, 0.4) is 0 Å². The van der Waals surface area contributed by atoms with Crippen molar-refractivity contribution < 1.29 is 23.6 Å². The Labute approximate surface area is 191 Å². The van der Waals surface area contributed by atoms with Gasteiger partial charge in [-0.05, 0) is 49.8 Å². The zero-order valence-corrected chi connectivity index (χ0v) is 18.7. The third-order valence-corrected chi connectivity index (χ3v) is 6.44. The van der Waals surface area contributed by atoms with Crippen molar-refractivity contribution in [3.8, 4) is 0 Å². The molecule has 1 saturated carbocycles. The van der Waals surface area contributed by atoms with E-state index < -0.39 is 17.8 Å². The zero-order valence-electron chi connectivity index (χ0n) is 18.7. The predicted molar refractivity (Wildman–Crippen MR) is 119 cm³/mol. The molecule has 3 N–H and O–H groups in total. The van der Waals surface area contributed by atoms with Crippen molar-refractivity contribution in [2.24, 2.45) is 5.92 Å². The minimum atomic E-state index is -0.933. The van der Waals surface area contributed by atoms with E-state index in [1.807, 2.05) is 0 Å². The van der Waals surface area contributed by atoms with Crippen molar-refractivity contribution in [3.63, 3.8) is 0 Å². The smallest absolute Gasteiger partial charge is 0.303 e. The van der Waals surface area contributed by atoms with E-state index in [0.717, 1.165) is 38.5 Å². The summed E-state index contributed by atoms with van der Waals surface area (Å²) in [6.07, 6.45) is 9.03. The molecule has 0 saturated heterocycles. The van der Waals surface area contributed by atoms with E-state index in [4.69, 9.17) is 9.63 Å². The molecule has 1 aliphatic carbocycles. The number of carboxylic acid groups (broad SMARTS) is 1. The van der Waals surface area contributed by atoms with Crippen molar-refractivity contribution in [3.05, 3.63) is 46.9 Å². The molecule has 2 aromatic heterocycles. The molecule has 4 rings (SSSR count). The number of aromatic amines is 1. The summed E-state index contributed by atoms with van der Waals surface area (Å²) < 4.78 is 19.7. The standard InChI is InChI=1S/C24H29FN4O4/c1-14-17(13-33-29-14)24(32)28-21(16-7-5-3-2-4-6-8-16)23-26-19-12-15(9-10-20(30)31)11-18(25)22(19)27-23/h11-13,16,21H,2-10H2,1H3,(H,26,27)(H,28,32)(H,30,31). The third kappa shape index (κ3) is 5.40. The van der Waals surface area contributed by atoms with Gasteiger partial charge in [-0.3, -0.25) is 9.59 Å². The lowest BCUT2D eigenvalue weighted by atomic mass is 9.85. The van der Waals surface area contributed by atoms with Crippen LogP contribution in [0.4, 0.5) is 4.39 Å². The molecule has 0 radical (unpaired) electrons. The van der Waals surface area contributed by atoms with Crippen molar-refractivity contribution in [2.75, 3.05) is 0 Å². The predicted octanol–water partition coefficient (Wildman–Crippen LogP) is 4.85. The number of aryl methyl sites for hydroxylation is 2. The maximum absolute atomic E-state index is 14.8. The molecule has 176 valence electrons. The Morgan fingerprint density at radius 3 is 2.64 bits per heavy atom. The van der Waals surface area contributed by atoms with E-state index in [0.29, 0.717) is 28.2 Å². The normalized spacial score (nSPS) is 16.3. The lowest BCUT2D eigenvalue weighted by Gasteiger charge is -2.28. The lowest BCUT2D eigenvalue weighted by Crippen LogP contribution is -2.35. The van der Waals surface area contributed by atoms with Crippen LogP contribution in [-0.2, 0) is 11.2 Å². The summed E-state index contributed by atoms with van der Waals surface area (Å²) in [4.78, 5) is 31.7. The average molecular weight is 457 g/mol. The number of aromatic nitrogens is 3. The number of carbonyl (C=O) groups excluding carboxylic acids is 1. The summed E-state index contributed by atoms with van der Waals surface area (Å²) in [5.74, 6) is -1.08. The van der Waals surface area contributed by atoms with Gasteiger partial charge in [0.05, 0.1) is 17.3 Å². The highest BCUT2D eigenvalue weighted by Gasteiger charge is 2.30. The van der Waals surface area contributed by atoms with Gasteiger partial charge in [0.1, 0.15) is 23.2 Å². The molecule has 1 atom stereocenters. The van der Waals surface area contributed by atoms with Gasteiger partial charge in [0.15, 0.2) is 5.82 Å². The van der Waals surface area contributed by atoms with Gasteiger partial charge in [-0.2, -0.15) is 0 Å². The van der Waals surface area contributed by atoms with Crippen LogP contribution in [0.15, 0.2) is 22.9 Å². The summed E-state index contributed by atoms with van der Waals surface area (Å²) in [6.45, 7) is 1.71. The van der Waals surface area contributed by atoms with Gasteiger partial charge in [0.25, 0.3) is 5.91 Å². The highest BCUT2D eigenvalue weighted by Crippen LogP contribution is 2.33. The number of hydrogen-bond donors (Lipinski definition) is 3. The number of carbonyl (C=O) groups is 2. The Hall–Kier alpha value is -3.23. The van der Waals surface area contributed by atoms with Gasteiger partial charge in [-0.1, -0.05) is 37.3 Å². The van der Waals surface area contributed by atoms with Crippen LogP contribution < -0.4 is 5.32 Å². The molecule has 0 spiro atoms. The molecular formula is C24H29FN4O4. The summed E-state index contributed by atoms with van der Waals surface area (Å²) in [7, 11) is 0. The second-order valence-corrected chi connectivity index (χ2v) is 8.86. The highest BCUT2D eigenvalue weighted by atomic mass is 19.1. The first-order valence-electron chi connectivity index (χ1n) is 11.5. The number of carboxylic acids is 1. The van der Waals surface area contributed by atoms with Gasteiger partial charge in [-0.25, -0.2) is 9.37 Å². The van der Waals surface area contributed by atoms with Crippen molar-refractivity contribution in [1.82, 2.24) is 20.4 Å². The number of amides is 1. The molecule has 9 heteroatoms. The van der Waals surface area contributed by atoms with Crippen LogP contribution in [0.1, 0.15) is 84.8 Å². The molecule has 3 aromatic rings. The Morgan fingerprint density at radius 1 is 1.24 bits per heavy atom. The SMILES string of the molecule is Cc1nocc1C(=O)NC(c1nc2c(F)cc(CCC(=O)O)cc2[nH]1)C1CCCCCCC1. The zero-order chi connectivity index (χ0) is 23.4. The summed E-state index contributed by atoms with van der Waals surface area (Å²) >= 11 is 0. The van der Waals surface area contributed by atoms with E-state index in [1.54, 1.807) is 13.0 Å². The van der Waals surface area contributed by atoms with Crippen molar-refractivity contribution >= 4 is 22.9 Å². The second kappa shape index (κ2) is 10.1. The molecule has 1 fully saturated rings. The second-order valence-electron chi connectivity index (χ2n) is 8.86. The lowest BCUT2D eigenvalue weighted by molar-refractivity contribution is -0.136. The van der Waals surface area contributed by atoms with Gasteiger partial charge < -0.3 is 19.9 Å². The number of hydrogen-bond acceptors (Lipinski definition) is 5. The molecular weight excluding hydrogens is 427 g/mol. The number of benzene rings is 1.